The minimum Gasteiger partial charge on any atom is -0.368 e. The summed E-state index contributed by atoms with van der Waals surface area (Å²) < 4.78 is 0. The van der Waals surface area contributed by atoms with Crippen molar-refractivity contribution < 1.29 is 9.59 Å². The second kappa shape index (κ2) is 10.7. The topological polar surface area (TPSA) is 119 Å². The van der Waals surface area contributed by atoms with E-state index in [1.165, 1.54) is 0 Å². The van der Waals surface area contributed by atoms with E-state index in [1.807, 2.05) is 48.5 Å². The van der Waals surface area contributed by atoms with Crippen LogP contribution in [0.4, 0.5) is 32.3 Å². The highest BCUT2D eigenvalue weighted by molar-refractivity contribution is 6.05. The van der Waals surface area contributed by atoms with E-state index >= 15 is 0 Å². The van der Waals surface area contributed by atoms with Crippen LogP contribution in [0.25, 0.3) is 0 Å². The Morgan fingerprint density at radius 3 is 1.78 bits per heavy atom. The van der Waals surface area contributed by atoms with Gasteiger partial charge in [-0.05, 0) is 60.9 Å². The number of rotatable bonds is 6. The summed E-state index contributed by atoms with van der Waals surface area (Å²) in [5, 5.41) is 14.5. The van der Waals surface area contributed by atoms with Gasteiger partial charge < -0.3 is 26.6 Å². The van der Waals surface area contributed by atoms with Gasteiger partial charge in [0.25, 0.3) is 0 Å². The maximum Gasteiger partial charge on any atom is 0.323 e. The maximum absolute atomic E-state index is 12.6. The van der Waals surface area contributed by atoms with E-state index in [4.69, 9.17) is 0 Å². The number of carbonyl (C=O) groups is 2. The van der Waals surface area contributed by atoms with Crippen LogP contribution in [0.15, 0.2) is 82.8 Å². The predicted molar refractivity (Wildman–Crippen MR) is 145 cm³/mol. The van der Waals surface area contributed by atoms with Crippen molar-refractivity contribution >= 4 is 46.4 Å². The van der Waals surface area contributed by atoms with E-state index < -0.39 is 0 Å². The zero-order valence-corrected chi connectivity index (χ0v) is 19.7. The van der Waals surface area contributed by atoms with Gasteiger partial charge in [0.05, 0.1) is 6.54 Å². The molecule has 0 bridgehead atoms. The lowest BCUT2D eigenvalue weighted by Gasteiger charge is -2.12. The maximum atomic E-state index is 12.6. The Labute approximate surface area is 209 Å². The third-order valence-electron chi connectivity index (χ3n) is 5.77. The van der Waals surface area contributed by atoms with Gasteiger partial charge in [0, 0.05) is 47.1 Å². The predicted octanol–water partition coefficient (Wildman–Crippen LogP) is 4.91. The summed E-state index contributed by atoms with van der Waals surface area (Å²) in [6, 6.07) is 21.4. The fourth-order valence-corrected chi connectivity index (χ4v) is 4.15. The molecule has 2 aliphatic heterocycles. The smallest absolute Gasteiger partial charge is 0.323 e. The Balaban J connectivity index is 1.17. The Hall–Kier alpha value is -4.66. The molecule has 0 radical (unpaired) electrons. The van der Waals surface area contributed by atoms with Crippen LogP contribution < -0.4 is 26.6 Å². The van der Waals surface area contributed by atoms with Crippen LogP contribution in [-0.2, 0) is 0 Å². The molecule has 0 atom stereocenters. The molecule has 5 N–H and O–H groups in total. The van der Waals surface area contributed by atoms with Crippen molar-refractivity contribution in [3.8, 4) is 0 Å². The Bertz CT molecular complexity index is 1250. The second-order valence-electron chi connectivity index (χ2n) is 8.49. The molecule has 2 aliphatic rings. The van der Waals surface area contributed by atoms with E-state index in [-0.39, 0.29) is 12.1 Å². The molecule has 182 valence electrons. The van der Waals surface area contributed by atoms with Crippen molar-refractivity contribution in [2.75, 3.05) is 40.9 Å². The summed E-state index contributed by atoms with van der Waals surface area (Å²) in [6.45, 7) is 2.42. The minimum atomic E-state index is -0.387. The van der Waals surface area contributed by atoms with Gasteiger partial charge in [-0.25, -0.2) is 9.59 Å². The highest BCUT2D eigenvalue weighted by Gasteiger charge is 2.12. The number of urea groups is 2. The lowest BCUT2D eigenvalue weighted by atomic mass is 10.1. The van der Waals surface area contributed by atoms with E-state index in [1.54, 1.807) is 24.3 Å². The molecule has 0 unspecified atom stereocenters. The second-order valence-corrected chi connectivity index (χ2v) is 8.49. The van der Waals surface area contributed by atoms with Gasteiger partial charge >= 0.3 is 12.1 Å². The summed E-state index contributed by atoms with van der Waals surface area (Å²) in [5.74, 6) is 0.829. The van der Waals surface area contributed by atoms with Crippen molar-refractivity contribution in [2.24, 2.45) is 9.98 Å². The zero-order valence-electron chi connectivity index (χ0n) is 19.7. The molecular formula is C27H27N7O2. The summed E-state index contributed by atoms with van der Waals surface area (Å²) in [5.41, 5.74) is 5.46. The lowest BCUT2D eigenvalue weighted by molar-refractivity contribution is 0.261. The van der Waals surface area contributed by atoms with Crippen LogP contribution in [0.3, 0.4) is 0 Å². The van der Waals surface area contributed by atoms with E-state index in [2.05, 4.69) is 36.6 Å². The quantitative estimate of drug-likeness (QED) is 0.344. The molecule has 0 fully saturated rings. The van der Waals surface area contributed by atoms with Crippen molar-refractivity contribution in [3.63, 3.8) is 0 Å². The van der Waals surface area contributed by atoms with Crippen LogP contribution in [0.5, 0.6) is 0 Å². The molecule has 5 rings (SSSR count). The fraction of sp³-hybridized carbons (Fsp3) is 0.185. The number of nitrogens with zero attached hydrogens (tertiary/aromatic N) is 2. The Kier molecular flexibility index (Phi) is 6.88. The average molecular weight is 482 g/mol. The van der Waals surface area contributed by atoms with Gasteiger partial charge in [0.1, 0.15) is 5.84 Å². The molecule has 0 saturated carbocycles. The zero-order chi connectivity index (χ0) is 24.7. The van der Waals surface area contributed by atoms with E-state index in [9.17, 15) is 9.59 Å². The Morgan fingerprint density at radius 1 is 0.667 bits per heavy atom. The van der Waals surface area contributed by atoms with Gasteiger partial charge in [0.2, 0.25) is 0 Å². The SMILES string of the molecule is O=C(Nc1cccc(NC(=O)Nc2cccc(C3=NCCN3)c2)c1)Nc1cccc(C2=NCCC2)c1. The number of hydrogen-bond donors (Lipinski definition) is 5. The lowest BCUT2D eigenvalue weighted by Crippen LogP contribution is -2.22. The first-order chi connectivity index (χ1) is 17.6. The Morgan fingerprint density at radius 2 is 1.22 bits per heavy atom. The van der Waals surface area contributed by atoms with E-state index in [0.717, 1.165) is 55.2 Å². The number of amides is 4. The number of aliphatic imine (C=N–C) groups is 2. The molecule has 0 aromatic heterocycles. The highest BCUT2D eigenvalue weighted by Crippen LogP contribution is 2.19. The van der Waals surface area contributed by atoms with Crippen LogP contribution in [0.2, 0.25) is 0 Å². The van der Waals surface area contributed by atoms with Crippen LogP contribution >= 0.6 is 0 Å². The number of anilines is 4. The van der Waals surface area contributed by atoms with E-state index in [0.29, 0.717) is 22.7 Å². The number of amidine groups is 1. The average Bonchev–Trinajstić information content (AvgIpc) is 3.59. The molecule has 0 spiro atoms. The normalized spacial score (nSPS) is 14.3. The fourth-order valence-electron chi connectivity index (χ4n) is 4.15. The van der Waals surface area contributed by atoms with Gasteiger partial charge in [-0.15, -0.1) is 0 Å². The standard InChI is InChI=1S/C27H27N7O2/c35-26(31-20-7-1-5-18(15-20)24-11-4-12-28-24)33-22-9-3-10-23(17-22)34-27(36)32-21-8-2-6-19(16-21)25-29-13-14-30-25/h1-3,5-10,15-17H,4,11-14H2,(H,29,30)(H2,31,33,35)(H2,32,34,36). The summed E-state index contributed by atoms with van der Waals surface area (Å²) in [4.78, 5) is 34.0. The van der Waals surface area contributed by atoms with Gasteiger partial charge in [0.15, 0.2) is 0 Å². The van der Waals surface area contributed by atoms with Gasteiger partial charge in [-0.3, -0.25) is 9.98 Å². The molecule has 9 nitrogen and oxygen atoms in total. The van der Waals surface area contributed by atoms with Gasteiger partial charge in [-0.1, -0.05) is 30.3 Å². The molecule has 4 amide bonds. The monoisotopic (exact) mass is 481 g/mol. The first-order valence-electron chi connectivity index (χ1n) is 11.9. The third-order valence-corrected chi connectivity index (χ3v) is 5.77. The number of carbonyl (C=O) groups excluding carboxylic acids is 2. The van der Waals surface area contributed by atoms with Crippen LogP contribution in [0, 0.1) is 0 Å². The number of benzene rings is 3. The van der Waals surface area contributed by atoms with Crippen molar-refractivity contribution in [1.82, 2.24) is 5.32 Å². The summed E-state index contributed by atoms with van der Waals surface area (Å²) in [6.07, 6.45) is 2.02. The molecule has 3 aromatic rings. The number of nitrogens with one attached hydrogen (secondary N) is 5. The summed E-state index contributed by atoms with van der Waals surface area (Å²) in [7, 11) is 0. The largest absolute Gasteiger partial charge is 0.368 e. The molecule has 36 heavy (non-hydrogen) atoms. The molecule has 2 heterocycles. The molecule has 3 aromatic carbocycles. The number of hydrogen-bond acceptors (Lipinski definition) is 5. The summed E-state index contributed by atoms with van der Waals surface area (Å²) >= 11 is 0. The van der Waals surface area contributed by atoms with Gasteiger partial charge in [-0.2, -0.15) is 0 Å². The molecule has 0 saturated heterocycles. The highest BCUT2D eigenvalue weighted by atomic mass is 16.2. The van der Waals surface area contributed by atoms with Crippen molar-refractivity contribution in [2.45, 2.75) is 12.8 Å². The van der Waals surface area contributed by atoms with Crippen LogP contribution in [-0.4, -0.2) is 43.2 Å². The molecule has 9 heteroatoms. The first kappa shape index (κ1) is 23.1. The molecule has 0 aliphatic carbocycles. The van der Waals surface area contributed by atoms with Crippen molar-refractivity contribution in [1.29, 1.82) is 0 Å². The third kappa shape index (κ3) is 5.87. The van der Waals surface area contributed by atoms with Crippen molar-refractivity contribution in [3.05, 3.63) is 83.9 Å². The first-order valence-corrected chi connectivity index (χ1v) is 11.9. The molecular weight excluding hydrogens is 454 g/mol. The minimum absolute atomic E-state index is 0.373. The van der Waals surface area contributed by atoms with Crippen LogP contribution in [0.1, 0.15) is 24.0 Å².